The van der Waals surface area contributed by atoms with Crippen LogP contribution in [0.5, 0.6) is 0 Å². The van der Waals surface area contributed by atoms with E-state index in [-0.39, 0.29) is 13.2 Å². The van der Waals surface area contributed by atoms with Gasteiger partial charge in [0.1, 0.15) is 12.2 Å². The molecule has 0 saturated carbocycles. The Bertz CT molecular complexity index is 754. The van der Waals surface area contributed by atoms with E-state index in [1.807, 2.05) is 30.3 Å². The second-order valence-electron chi connectivity index (χ2n) is 5.73. The van der Waals surface area contributed by atoms with Gasteiger partial charge in [0.25, 0.3) is 11.8 Å². The van der Waals surface area contributed by atoms with Crippen molar-refractivity contribution in [2.45, 2.75) is 18.8 Å². The molecular weight excluding hydrogens is 322 g/mol. The molecule has 0 fully saturated rings. The SMILES string of the molecule is O=C[C@@H](O)[C@H](CN1C(=O)c2ccccc2C1=O)OCc1ccccc1. The molecule has 2 aromatic carbocycles. The van der Waals surface area contributed by atoms with Gasteiger partial charge in [-0.3, -0.25) is 14.5 Å². The molecule has 3 rings (SSSR count). The van der Waals surface area contributed by atoms with E-state index in [2.05, 4.69) is 0 Å². The van der Waals surface area contributed by atoms with Crippen molar-refractivity contribution in [3.63, 3.8) is 0 Å². The molecule has 0 saturated heterocycles. The lowest BCUT2D eigenvalue weighted by Crippen LogP contribution is -2.44. The van der Waals surface area contributed by atoms with Crippen LogP contribution >= 0.6 is 0 Å². The number of ether oxygens (including phenoxy) is 1. The quantitative estimate of drug-likeness (QED) is 0.609. The zero-order valence-corrected chi connectivity index (χ0v) is 13.4. The molecule has 0 unspecified atom stereocenters. The highest BCUT2D eigenvalue weighted by Crippen LogP contribution is 2.23. The summed E-state index contributed by atoms with van der Waals surface area (Å²) in [5, 5.41) is 9.90. The molecule has 0 aromatic heterocycles. The summed E-state index contributed by atoms with van der Waals surface area (Å²) in [6.07, 6.45) is -2.10. The fourth-order valence-electron chi connectivity index (χ4n) is 2.71. The Morgan fingerprint density at radius 1 is 0.960 bits per heavy atom. The minimum Gasteiger partial charge on any atom is -0.383 e. The van der Waals surface area contributed by atoms with Crippen molar-refractivity contribution < 1.29 is 24.2 Å². The third-order valence-corrected chi connectivity index (χ3v) is 4.07. The van der Waals surface area contributed by atoms with Crippen molar-refractivity contribution in [1.29, 1.82) is 0 Å². The summed E-state index contributed by atoms with van der Waals surface area (Å²) in [5.74, 6) is -0.904. The number of imide groups is 1. The Labute approximate surface area is 144 Å². The first kappa shape index (κ1) is 17.0. The third kappa shape index (κ3) is 3.50. The van der Waals surface area contributed by atoms with Gasteiger partial charge in [0.05, 0.1) is 24.3 Å². The molecule has 2 amide bonds. The second-order valence-corrected chi connectivity index (χ2v) is 5.73. The van der Waals surface area contributed by atoms with E-state index in [0.29, 0.717) is 17.4 Å². The fraction of sp³-hybridized carbons (Fsp3) is 0.211. The van der Waals surface area contributed by atoms with E-state index in [1.165, 1.54) is 0 Å². The third-order valence-electron chi connectivity index (χ3n) is 4.07. The number of aliphatic hydroxyl groups is 1. The van der Waals surface area contributed by atoms with Crippen LogP contribution in [0.3, 0.4) is 0 Å². The topological polar surface area (TPSA) is 83.9 Å². The van der Waals surface area contributed by atoms with Gasteiger partial charge in [-0.05, 0) is 17.7 Å². The minimum absolute atomic E-state index is 0.152. The number of rotatable bonds is 7. The largest absolute Gasteiger partial charge is 0.383 e. The molecule has 2 aromatic rings. The van der Waals surface area contributed by atoms with E-state index in [4.69, 9.17) is 4.74 Å². The van der Waals surface area contributed by atoms with Crippen LogP contribution in [0.15, 0.2) is 54.6 Å². The summed E-state index contributed by atoms with van der Waals surface area (Å²) in [7, 11) is 0. The molecule has 128 valence electrons. The second kappa shape index (κ2) is 7.38. The van der Waals surface area contributed by atoms with Gasteiger partial charge in [-0.1, -0.05) is 42.5 Å². The lowest BCUT2D eigenvalue weighted by Gasteiger charge is -2.24. The van der Waals surface area contributed by atoms with Crippen molar-refractivity contribution in [3.8, 4) is 0 Å². The van der Waals surface area contributed by atoms with Crippen molar-refractivity contribution in [1.82, 2.24) is 4.90 Å². The Morgan fingerprint density at radius 3 is 2.08 bits per heavy atom. The average Bonchev–Trinajstić information content (AvgIpc) is 2.90. The van der Waals surface area contributed by atoms with Crippen LogP contribution in [0.1, 0.15) is 26.3 Å². The summed E-state index contributed by atoms with van der Waals surface area (Å²) < 4.78 is 5.61. The number of aldehydes is 1. The molecule has 25 heavy (non-hydrogen) atoms. The fourth-order valence-corrected chi connectivity index (χ4v) is 2.71. The summed E-state index contributed by atoms with van der Waals surface area (Å²) in [6.45, 7) is -0.0430. The predicted octanol–water partition coefficient (Wildman–Crippen LogP) is 1.43. The Kier molecular flexibility index (Phi) is 5.02. The van der Waals surface area contributed by atoms with Gasteiger partial charge in [-0.25, -0.2) is 0 Å². The van der Waals surface area contributed by atoms with E-state index in [0.717, 1.165) is 10.5 Å². The molecule has 1 N–H and O–H groups in total. The lowest BCUT2D eigenvalue weighted by atomic mass is 10.1. The maximum Gasteiger partial charge on any atom is 0.261 e. The predicted molar refractivity (Wildman–Crippen MR) is 88.9 cm³/mol. The molecule has 1 aliphatic heterocycles. The van der Waals surface area contributed by atoms with Gasteiger partial charge in [0.2, 0.25) is 0 Å². The van der Waals surface area contributed by atoms with E-state index < -0.39 is 24.0 Å². The lowest BCUT2D eigenvalue weighted by molar-refractivity contribution is -0.125. The zero-order valence-electron chi connectivity index (χ0n) is 13.4. The summed E-state index contributed by atoms with van der Waals surface area (Å²) in [5.41, 5.74) is 1.48. The minimum atomic E-state index is -1.44. The number of carbonyl (C=O) groups is 3. The number of hydrogen-bond acceptors (Lipinski definition) is 5. The Balaban J connectivity index is 1.74. The molecule has 1 heterocycles. The molecule has 0 radical (unpaired) electrons. The van der Waals surface area contributed by atoms with Gasteiger partial charge < -0.3 is 14.6 Å². The summed E-state index contributed by atoms with van der Waals surface area (Å²) in [4.78, 5) is 36.8. The Hall–Kier alpha value is -2.83. The first-order valence-corrected chi connectivity index (χ1v) is 7.86. The number of carbonyl (C=O) groups excluding carboxylic acids is 3. The van der Waals surface area contributed by atoms with Crippen molar-refractivity contribution in [2.75, 3.05) is 6.54 Å². The van der Waals surface area contributed by atoms with Crippen LogP contribution in [0.2, 0.25) is 0 Å². The number of benzene rings is 2. The average molecular weight is 339 g/mol. The van der Waals surface area contributed by atoms with Gasteiger partial charge in [-0.15, -0.1) is 0 Å². The van der Waals surface area contributed by atoms with Crippen LogP contribution in [0.4, 0.5) is 0 Å². The van der Waals surface area contributed by atoms with Crippen molar-refractivity contribution in [3.05, 3.63) is 71.3 Å². The number of hydrogen-bond donors (Lipinski definition) is 1. The van der Waals surface area contributed by atoms with Crippen LogP contribution in [-0.4, -0.2) is 46.9 Å². The van der Waals surface area contributed by atoms with Gasteiger partial charge in [-0.2, -0.15) is 0 Å². The highest BCUT2D eigenvalue weighted by atomic mass is 16.5. The number of nitrogens with zero attached hydrogens (tertiary/aromatic N) is 1. The highest BCUT2D eigenvalue weighted by molar-refractivity contribution is 6.21. The monoisotopic (exact) mass is 339 g/mol. The molecule has 0 spiro atoms. The molecule has 0 bridgehead atoms. The van der Waals surface area contributed by atoms with E-state index in [9.17, 15) is 19.5 Å². The van der Waals surface area contributed by atoms with Crippen molar-refractivity contribution in [2.24, 2.45) is 0 Å². The molecule has 6 nitrogen and oxygen atoms in total. The standard InChI is InChI=1S/C19H17NO5/c21-11-16(22)17(25-12-13-6-2-1-3-7-13)10-20-18(23)14-8-4-5-9-15(14)19(20)24/h1-9,11,16-17,22H,10,12H2/t16-,17+/m1/s1. The number of fused-ring (bicyclic) bond motifs is 1. The first-order chi connectivity index (χ1) is 12.1. The maximum absolute atomic E-state index is 12.4. The van der Waals surface area contributed by atoms with Gasteiger partial charge in [0.15, 0.2) is 6.29 Å². The molecule has 6 heteroatoms. The molecule has 2 atom stereocenters. The van der Waals surface area contributed by atoms with Crippen LogP contribution in [0, 0.1) is 0 Å². The van der Waals surface area contributed by atoms with Crippen LogP contribution in [-0.2, 0) is 16.1 Å². The molecule has 0 aliphatic carbocycles. The maximum atomic E-state index is 12.4. The normalized spacial score (nSPS) is 15.8. The summed E-state index contributed by atoms with van der Waals surface area (Å²) in [6, 6.07) is 15.7. The van der Waals surface area contributed by atoms with E-state index in [1.54, 1.807) is 24.3 Å². The summed E-state index contributed by atoms with van der Waals surface area (Å²) >= 11 is 0. The highest BCUT2D eigenvalue weighted by Gasteiger charge is 2.37. The van der Waals surface area contributed by atoms with Crippen LogP contribution < -0.4 is 0 Å². The smallest absolute Gasteiger partial charge is 0.261 e. The number of amides is 2. The Morgan fingerprint density at radius 2 is 1.52 bits per heavy atom. The van der Waals surface area contributed by atoms with E-state index >= 15 is 0 Å². The molecular formula is C19H17NO5. The van der Waals surface area contributed by atoms with Crippen LogP contribution in [0.25, 0.3) is 0 Å². The van der Waals surface area contributed by atoms with Gasteiger partial charge in [0, 0.05) is 0 Å². The van der Waals surface area contributed by atoms with Crippen molar-refractivity contribution >= 4 is 18.1 Å². The first-order valence-electron chi connectivity index (χ1n) is 7.86. The molecule has 1 aliphatic rings. The van der Waals surface area contributed by atoms with Gasteiger partial charge >= 0.3 is 0 Å². The number of aliphatic hydroxyl groups excluding tert-OH is 1. The zero-order chi connectivity index (χ0) is 17.8.